The maximum absolute atomic E-state index is 14.0. The van der Waals surface area contributed by atoms with Crippen LogP contribution in [0.4, 0.5) is 22.0 Å². The number of rotatable bonds is 9. The second-order valence-electron chi connectivity index (χ2n) is 8.59. The first-order valence-corrected chi connectivity index (χ1v) is 13.4. The van der Waals surface area contributed by atoms with Gasteiger partial charge >= 0.3 is 6.18 Å². The fourth-order valence-electron chi connectivity index (χ4n) is 3.48. The predicted octanol–water partition coefficient (Wildman–Crippen LogP) is 3.69. The molecule has 1 heterocycles. The van der Waals surface area contributed by atoms with E-state index in [1.54, 1.807) is 0 Å². The maximum atomic E-state index is 14.0. The molecule has 4 rings (SSSR count). The Morgan fingerprint density at radius 3 is 2.16 bits per heavy atom. The van der Waals surface area contributed by atoms with E-state index in [9.17, 15) is 40.4 Å². The summed E-state index contributed by atoms with van der Waals surface area (Å²) in [7, 11) is -4.48. The van der Waals surface area contributed by atoms with Crippen molar-refractivity contribution in [1.82, 2.24) is 20.8 Å². The fourth-order valence-corrected chi connectivity index (χ4v) is 6.01. The molecule has 2 atom stereocenters. The molecule has 0 unspecified atom stereocenters. The molecule has 8 nitrogen and oxygen atoms in total. The van der Waals surface area contributed by atoms with Gasteiger partial charge in [0.15, 0.2) is 0 Å². The van der Waals surface area contributed by atoms with Crippen molar-refractivity contribution in [2.45, 2.75) is 41.0 Å². The number of hydrogen-bond donors (Lipinski definition) is 2. The number of benzene rings is 2. The summed E-state index contributed by atoms with van der Waals surface area (Å²) in [4.78, 5) is 13.0. The zero-order valence-electron chi connectivity index (χ0n) is 19.2. The Morgan fingerprint density at radius 2 is 1.63 bits per heavy atom. The summed E-state index contributed by atoms with van der Waals surface area (Å²) in [6.45, 7) is 0. The van der Waals surface area contributed by atoms with Crippen LogP contribution in [0.15, 0.2) is 52.9 Å². The highest BCUT2D eigenvalue weighted by Crippen LogP contribution is 2.36. The minimum absolute atomic E-state index is 0.110. The van der Waals surface area contributed by atoms with Crippen molar-refractivity contribution >= 4 is 27.1 Å². The van der Waals surface area contributed by atoms with Crippen molar-refractivity contribution in [1.29, 1.82) is 5.26 Å². The first-order chi connectivity index (χ1) is 17.8. The monoisotopic (exact) mass is 571 g/mol. The van der Waals surface area contributed by atoms with E-state index in [1.165, 1.54) is 12.1 Å². The van der Waals surface area contributed by atoms with Gasteiger partial charge in [-0.1, -0.05) is 23.5 Å². The highest BCUT2D eigenvalue weighted by Gasteiger charge is 2.48. The molecule has 0 radical (unpaired) electrons. The van der Waals surface area contributed by atoms with E-state index >= 15 is 0 Å². The molecular formula is C23H18F5N5O3S2. The quantitative estimate of drug-likeness (QED) is 0.376. The molecule has 2 N–H and O–H groups in total. The number of carbonyl (C=O) groups is 1. The van der Waals surface area contributed by atoms with Gasteiger partial charge < -0.3 is 5.32 Å². The van der Waals surface area contributed by atoms with Crippen LogP contribution in [-0.4, -0.2) is 48.0 Å². The molecule has 3 aromatic rings. The molecule has 1 fully saturated rings. The van der Waals surface area contributed by atoms with Crippen molar-refractivity contribution in [3.05, 3.63) is 65.7 Å². The van der Waals surface area contributed by atoms with Crippen LogP contribution >= 0.6 is 11.3 Å². The summed E-state index contributed by atoms with van der Waals surface area (Å²) >= 11 is 0.597. The standard InChI is InChI=1S/C23H18F5N5O3S2/c24-15-5-1-13(2-6-15)18(23(26,27)28)30-17(19(34)31-22(12-29)9-10-22)11-38(35,36)21-33-32-20(37-21)14-3-7-16(25)8-4-14/h1-8,17-18,30H,9-11H2,(H,31,34)/t17-,18-/m0/s1. The Labute approximate surface area is 217 Å². The van der Waals surface area contributed by atoms with Crippen LogP contribution in [0.1, 0.15) is 24.4 Å². The van der Waals surface area contributed by atoms with Gasteiger partial charge in [-0.2, -0.15) is 18.4 Å². The van der Waals surface area contributed by atoms with Crippen LogP contribution in [0.3, 0.4) is 0 Å². The van der Waals surface area contributed by atoms with Crippen molar-refractivity contribution in [3.63, 3.8) is 0 Å². The Balaban J connectivity index is 1.64. The summed E-state index contributed by atoms with van der Waals surface area (Å²) in [5.41, 5.74) is -1.39. The van der Waals surface area contributed by atoms with Gasteiger partial charge in [0.25, 0.3) is 0 Å². The molecule has 0 bridgehead atoms. The zero-order chi connectivity index (χ0) is 27.7. The number of halogens is 5. The topological polar surface area (TPSA) is 125 Å². The number of alkyl halides is 3. The number of nitrogens with one attached hydrogen (secondary N) is 2. The molecule has 200 valence electrons. The smallest absolute Gasteiger partial charge is 0.336 e. The van der Waals surface area contributed by atoms with Gasteiger partial charge in [-0.3, -0.25) is 10.1 Å². The average molecular weight is 572 g/mol. The summed E-state index contributed by atoms with van der Waals surface area (Å²) in [6, 6.07) is 5.63. The van der Waals surface area contributed by atoms with E-state index < -0.39 is 66.8 Å². The number of sulfone groups is 1. The van der Waals surface area contributed by atoms with E-state index in [0.717, 1.165) is 36.4 Å². The van der Waals surface area contributed by atoms with Crippen LogP contribution in [0.2, 0.25) is 0 Å². The highest BCUT2D eigenvalue weighted by atomic mass is 32.2. The number of nitrogens with zero attached hydrogens (tertiary/aromatic N) is 3. The van der Waals surface area contributed by atoms with Crippen LogP contribution in [-0.2, 0) is 14.6 Å². The molecule has 1 aromatic heterocycles. The molecule has 0 aliphatic heterocycles. The molecule has 0 spiro atoms. The normalized spacial score (nSPS) is 16.3. The summed E-state index contributed by atoms with van der Waals surface area (Å²) in [5, 5.41) is 21.1. The Hall–Kier alpha value is -3.48. The third-order valence-corrected chi connectivity index (χ3v) is 8.86. The van der Waals surface area contributed by atoms with Gasteiger partial charge in [-0.15, -0.1) is 10.2 Å². The van der Waals surface area contributed by atoms with E-state index in [-0.39, 0.29) is 17.8 Å². The second-order valence-corrected chi connectivity index (χ2v) is 11.8. The number of nitriles is 1. The summed E-state index contributed by atoms with van der Waals surface area (Å²) < 4.78 is 94.2. The highest BCUT2D eigenvalue weighted by molar-refractivity contribution is 7.93. The third-order valence-electron chi connectivity index (χ3n) is 5.69. The SMILES string of the molecule is N#CC1(NC(=O)[C@H](CS(=O)(=O)c2nnc(-c3ccc(F)cc3)s2)N[C@@H](c2ccc(F)cc2)C(F)(F)F)CC1. The van der Waals surface area contributed by atoms with E-state index in [2.05, 4.69) is 15.5 Å². The lowest BCUT2D eigenvalue weighted by atomic mass is 10.0. The van der Waals surface area contributed by atoms with Crippen LogP contribution in [0, 0.1) is 23.0 Å². The van der Waals surface area contributed by atoms with Crippen molar-refractivity contribution in [2.75, 3.05) is 5.75 Å². The van der Waals surface area contributed by atoms with Gasteiger partial charge in [0.1, 0.15) is 34.3 Å². The average Bonchev–Trinajstić information content (AvgIpc) is 3.44. The molecule has 1 saturated carbocycles. The third kappa shape index (κ3) is 6.32. The minimum Gasteiger partial charge on any atom is -0.336 e. The Kier molecular flexibility index (Phi) is 7.51. The van der Waals surface area contributed by atoms with Crippen molar-refractivity contribution < 1.29 is 35.2 Å². The maximum Gasteiger partial charge on any atom is 0.407 e. The Bertz CT molecular complexity index is 1460. The van der Waals surface area contributed by atoms with E-state index in [1.807, 2.05) is 11.4 Å². The molecule has 1 aliphatic carbocycles. The second kappa shape index (κ2) is 10.4. The minimum atomic E-state index is -4.99. The molecule has 0 saturated heterocycles. The molecule has 15 heteroatoms. The number of aromatic nitrogens is 2. The lowest BCUT2D eigenvalue weighted by Gasteiger charge is -2.27. The van der Waals surface area contributed by atoms with Gasteiger partial charge in [0.05, 0.1) is 11.8 Å². The van der Waals surface area contributed by atoms with E-state index in [0.29, 0.717) is 16.9 Å². The first-order valence-electron chi connectivity index (χ1n) is 11.0. The van der Waals surface area contributed by atoms with Crippen LogP contribution in [0.25, 0.3) is 10.6 Å². The van der Waals surface area contributed by atoms with Crippen LogP contribution < -0.4 is 10.6 Å². The van der Waals surface area contributed by atoms with Crippen LogP contribution in [0.5, 0.6) is 0 Å². The number of carbonyl (C=O) groups excluding carboxylic acids is 1. The summed E-state index contributed by atoms with van der Waals surface area (Å²) in [5.74, 6) is -3.60. The van der Waals surface area contributed by atoms with Gasteiger partial charge in [0.2, 0.25) is 20.1 Å². The Morgan fingerprint density at radius 1 is 1.05 bits per heavy atom. The summed E-state index contributed by atoms with van der Waals surface area (Å²) in [6.07, 6.45) is -4.48. The number of hydrogen-bond acceptors (Lipinski definition) is 8. The van der Waals surface area contributed by atoms with Gasteiger partial charge in [0, 0.05) is 5.56 Å². The largest absolute Gasteiger partial charge is 0.407 e. The van der Waals surface area contributed by atoms with Crippen molar-refractivity contribution in [3.8, 4) is 16.6 Å². The molecule has 1 aliphatic rings. The molecule has 1 amide bonds. The van der Waals surface area contributed by atoms with Crippen molar-refractivity contribution in [2.24, 2.45) is 0 Å². The molecular weight excluding hydrogens is 553 g/mol. The lowest BCUT2D eigenvalue weighted by Crippen LogP contribution is -2.54. The predicted molar refractivity (Wildman–Crippen MR) is 125 cm³/mol. The number of amides is 1. The fraction of sp³-hybridized carbons (Fsp3) is 0.304. The zero-order valence-corrected chi connectivity index (χ0v) is 20.8. The lowest BCUT2D eigenvalue weighted by molar-refractivity contribution is -0.160. The first kappa shape index (κ1) is 27.6. The molecule has 38 heavy (non-hydrogen) atoms. The van der Waals surface area contributed by atoms with Gasteiger partial charge in [-0.25, -0.2) is 17.2 Å². The molecule has 2 aromatic carbocycles. The van der Waals surface area contributed by atoms with E-state index in [4.69, 9.17) is 0 Å². The van der Waals surface area contributed by atoms with Gasteiger partial charge in [-0.05, 0) is 54.8 Å².